The average molecular weight is 206 g/mol. The van der Waals surface area contributed by atoms with Crippen LogP contribution in [0.5, 0.6) is 0 Å². The minimum atomic E-state index is -0.121. The summed E-state index contributed by atoms with van der Waals surface area (Å²) in [4.78, 5) is 10.6. The van der Waals surface area contributed by atoms with Crippen LogP contribution in [0.4, 0.5) is 0 Å². The molecule has 0 atom stereocenters. The molecule has 0 spiro atoms. The van der Waals surface area contributed by atoms with E-state index in [9.17, 15) is 4.79 Å². The molecule has 0 rings (SSSR count). The fourth-order valence-corrected chi connectivity index (χ4v) is 2.04. The van der Waals surface area contributed by atoms with Crippen molar-refractivity contribution in [3.8, 4) is 0 Å². The van der Waals surface area contributed by atoms with E-state index in [1.165, 1.54) is 0 Å². The summed E-state index contributed by atoms with van der Waals surface area (Å²) < 4.78 is 4.87. The minimum Gasteiger partial charge on any atom is -0.465 e. The average Bonchev–Trinajstić information content (AvgIpc) is 2.10. The second kappa shape index (κ2) is 9.00. The molecule has 0 unspecified atom stereocenters. The van der Waals surface area contributed by atoms with Gasteiger partial charge in [-0.1, -0.05) is 34.6 Å². The van der Waals surface area contributed by atoms with Crippen LogP contribution in [0.3, 0.4) is 0 Å². The molecule has 0 aromatic rings. The fourth-order valence-electron chi connectivity index (χ4n) is 0.447. The summed E-state index contributed by atoms with van der Waals surface area (Å²) in [6.45, 7) is 5.91. The molecular formula is C8H14O2S2. The van der Waals surface area contributed by atoms with Crippen LogP contribution in [0.15, 0.2) is 12.7 Å². The largest absolute Gasteiger partial charge is 0.465 e. The molecule has 70 valence electrons. The third-order valence-corrected chi connectivity index (χ3v) is 3.27. The minimum absolute atomic E-state index is 0.121. The topological polar surface area (TPSA) is 26.3 Å². The molecule has 4 heteroatoms. The summed E-state index contributed by atoms with van der Waals surface area (Å²) in [6, 6.07) is 0. The van der Waals surface area contributed by atoms with Crippen LogP contribution in [-0.4, -0.2) is 24.1 Å². The first-order valence-corrected chi connectivity index (χ1v) is 6.31. The lowest BCUT2D eigenvalue weighted by Crippen LogP contribution is -2.04. The highest BCUT2D eigenvalue weighted by Gasteiger charge is 1.96. The molecule has 0 aromatic heterocycles. The van der Waals surface area contributed by atoms with E-state index >= 15 is 0 Å². The zero-order chi connectivity index (χ0) is 9.23. The third kappa shape index (κ3) is 8.01. The lowest BCUT2D eigenvalue weighted by Gasteiger charge is -2.01. The van der Waals surface area contributed by atoms with Crippen LogP contribution in [-0.2, 0) is 9.53 Å². The lowest BCUT2D eigenvalue weighted by atomic mass is 10.5. The zero-order valence-electron chi connectivity index (χ0n) is 7.25. The number of hydrogen-bond acceptors (Lipinski definition) is 4. The Morgan fingerprint density at radius 2 is 2.33 bits per heavy atom. The van der Waals surface area contributed by atoms with Gasteiger partial charge in [-0.05, 0) is 0 Å². The Morgan fingerprint density at radius 3 is 2.92 bits per heavy atom. The fraction of sp³-hybridized carbons (Fsp3) is 0.625. The Hall–Kier alpha value is -0.0900. The van der Waals surface area contributed by atoms with Crippen LogP contribution in [0.2, 0.25) is 0 Å². The van der Waals surface area contributed by atoms with Gasteiger partial charge in [0.05, 0.1) is 0 Å². The summed E-state index contributed by atoms with van der Waals surface area (Å²) in [6.07, 6.45) is 2.32. The second-order valence-corrected chi connectivity index (χ2v) is 4.60. The summed E-state index contributed by atoms with van der Waals surface area (Å²) in [7, 11) is 3.42. The molecule has 0 saturated heterocycles. The normalized spacial score (nSPS) is 9.42. The molecule has 0 bridgehead atoms. The Bertz CT molecular complexity index is 137. The van der Waals surface area contributed by atoms with Crippen LogP contribution >= 0.6 is 21.6 Å². The van der Waals surface area contributed by atoms with Crippen molar-refractivity contribution in [3.63, 3.8) is 0 Å². The van der Waals surface area contributed by atoms with Crippen LogP contribution < -0.4 is 0 Å². The quantitative estimate of drug-likeness (QED) is 0.277. The maximum absolute atomic E-state index is 10.6. The SMILES string of the molecule is C=CCSSCCOC(=O)CC. The highest BCUT2D eigenvalue weighted by atomic mass is 33.1. The summed E-state index contributed by atoms with van der Waals surface area (Å²) in [5, 5.41) is 0. The van der Waals surface area contributed by atoms with E-state index in [1.807, 2.05) is 6.08 Å². The van der Waals surface area contributed by atoms with Gasteiger partial charge in [-0.15, -0.1) is 6.58 Å². The standard InChI is InChI=1S/C8H14O2S2/c1-3-6-11-12-7-5-10-8(9)4-2/h3H,1,4-7H2,2H3. The molecule has 0 heterocycles. The van der Waals surface area contributed by atoms with E-state index in [0.717, 1.165) is 11.5 Å². The lowest BCUT2D eigenvalue weighted by molar-refractivity contribution is -0.142. The van der Waals surface area contributed by atoms with E-state index in [2.05, 4.69) is 6.58 Å². The molecular weight excluding hydrogens is 192 g/mol. The first kappa shape index (κ1) is 11.9. The van der Waals surface area contributed by atoms with Gasteiger partial charge in [-0.3, -0.25) is 4.79 Å². The number of esters is 1. The molecule has 0 aliphatic carbocycles. The van der Waals surface area contributed by atoms with Crippen molar-refractivity contribution < 1.29 is 9.53 Å². The van der Waals surface area contributed by atoms with Crippen LogP contribution in [0, 0.1) is 0 Å². The molecule has 0 aliphatic rings. The Labute approximate surface area is 81.5 Å². The predicted octanol–water partition coefficient (Wildman–Crippen LogP) is 2.51. The maximum Gasteiger partial charge on any atom is 0.305 e. The van der Waals surface area contributed by atoms with E-state index in [4.69, 9.17) is 4.74 Å². The van der Waals surface area contributed by atoms with E-state index in [0.29, 0.717) is 13.0 Å². The van der Waals surface area contributed by atoms with Gasteiger partial charge in [0, 0.05) is 17.9 Å². The first-order valence-electron chi connectivity index (χ1n) is 3.82. The summed E-state index contributed by atoms with van der Waals surface area (Å²) in [5.74, 6) is 1.67. The van der Waals surface area contributed by atoms with Gasteiger partial charge in [-0.25, -0.2) is 0 Å². The number of rotatable bonds is 7. The summed E-state index contributed by atoms with van der Waals surface area (Å²) >= 11 is 0. The molecule has 0 radical (unpaired) electrons. The van der Waals surface area contributed by atoms with Gasteiger partial charge in [0.15, 0.2) is 0 Å². The van der Waals surface area contributed by atoms with Crippen molar-refractivity contribution in [1.82, 2.24) is 0 Å². The van der Waals surface area contributed by atoms with Crippen molar-refractivity contribution in [2.75, 3.05) is 18.1 Å². The molecule has 2 nitrogen and oxygen atoms in total. The Balaban J connectivity index is 3.00. The molecule has 0 aliphatic heterocycles. The molecule has 0 saturated carbocycles. The van der Waals surface area contributed by atoms with Gasteiger partial charge in [0.2, 0.25) is 0 Å². The number of carbonyl (C=O) groups excluding carboxylic acids is 1. The number of ether oxygens (including phenoxy) is 1. The molecule has 12 heavy (non-hydrogen) atoms. The smallest absolute Gasteiger partial charge is 0.305 e. The maximum atomic E-state index is 10.6. The second-order valence-electron chi connectivity index (χ2n) is 1.97. The first-order chi connectivity index (χ1) is 5.81. The van der Waals surface area contributed by atoms with E-state index in [1.54, 1.807) is 28.5 Å². The summed E-state index contributed by atoms with van der Waals surface area (Å²) in [5.41, 5.74) is 0. The van der Waals surface area contributed by atoms with Crippen molar-refractivity contribution in [1.29, 1.82) is 0 Å². The zero-order valence-corrected chi connectivity index (χ0v) is 8.88. The van der Waals surface area contributed by atoms with E-state index in [-0.39, 0.29) is 5.97 Å². The van der Waals surface area contributed by atoms with Crippen LogP contribution in [0.25, 0.3) is 0 Å². The van der Waals surface area contributed by atoms with Crippen molar-refractivity contribution in [2.45, 2.75) is 13.3 Å². The van der Waals surface area contributed by atoms with Crippen molar-refractivity contribution in [3.05, 3.63) is 12.7 Å². The monoisotopic (exact) mass is 206 g/mol. The van der Waals surface area contributed by atoms with Gasteiger partial charge in [0.25, 0.3) is 0 Å². The molecule has 0 aromatic carbocycles. The Morgan fingerprint density at radius 1 is 1.58 bits per heavy atom. The van der Waals surface area contributed by atoms with E-state index < -0.39 is 0 Å². The Kier molecular flexibility index (Phi) is 8.93. The molecule has 0 N–H and O–H groups in total. The van der Waals surface area contributed by atoms with Crippen molar-refractivity contribution in [2.24, 2.45) is 0 Å². The van der Waals surface area contributed by atoms with Gasteiger partial charge >= 0.3 is 5.97 Å². The highest BCUT2D eigenvalue weighted by Crippen LogP contribution is 2.20. The van der Waals surface area contributed by atoms with Gasteiger partial charge in [0.1, 0.15) is 6.61 Å². The highest BCUT2D eigenvalue weighted by molar-refractivity contribution is 8.76. The number of hydrogen-bond donors (Lipinski definition) is 0. The third-order valence-electron chi connectivity index (χ3n) is 0.988. The molecule has 0 fully saturated rings. The van der Waals surface area contributed by atoms with Gasteiger partial charge in [-0.2, -0.15) is 0 Å². The molecule has 0 amide bonds. The van der Waals surface area contributed by atoms with Crippen LogP contribution in [0.1, 0.15) is 13.3 Å². The van der Waals surface area contributed by atoms with Gasteiger partial charge < -0.3 is 4.74 Å². The number of carbonyl (C=O) groups is 1. The van der Waals surface area contributed by atoms with Crippen molar-refractivity contribution >= 4 is 27.6 Å². The predicted molar refractivity (Wildman–Crippen MR) is 56.4 cm³/mol.